The minimum atomic E-state index is -0.362. The van der Waals surface area contributed by atoms with E-state index in [4.69, 9.17) is 0 Å². The Morgan fingerprint density at radius 3 is 2.07 bits per heavy atom. The smallest absolute Gasteiger partial charge is 0.153 e. The molecule has 2 bridgehead atoms. The van der Waals surface area contributed by atoms with Crippen molar-refractivity contribution < 1.29 is 9.59 Å². The van der Waals surface area contributed by atoms with Crippen molar-refractivity contribution in [2.75, 3.05) is 0 Å². The minimum absolute atomic E-state index is 0.0648. The van der Waals surface area contributed by atoms with Gasteiger partial charge in [-0.15, -0.1) is 23.5 Å². The van der Waals surface area contributed by atoms with E-state index >= 15 is 0 Å². The van der Waals surface area contributed by atoms with E-state index < -0.39 is 0 Å². The quantitative estimate of drug-likeness (QED) is 0.730. The lowest BCUT2D eigenvalue weighted by molar-refractivity contribution is -0.121. The monoisotopic (exact) mass is 404 g/mol. The maximum Gasteiger partial charge on any atom is 0.153 e. The number of rotatable bonds is 5. The van der Waals surface area contributed by atoms with Gasteiger partial charge in [-0.2, -0.15) is 0 Å². The van der Waals surface area contributed by atoms with Gasteiger partial charge in [-0.25, -0.2) is 0 Å². The van der Waals surface area contributed by atoms with E-state index in [9.17, 15) is 9.59 Å². The number of thioether (sulfide) groups is 2. The molecular weight excluding hydrogens is 384 g/mol. The summed E-state index contributed by atoms with van der Waals surface area (Å²) in [5, 5.41) is -0.0648. The molecule has 4 heteroatoms. The highest BCUT2D eigenvalue weighted by molar-refractivity contribution is 8.02. The van der Waals surface area contributed by atoms with E-state index in [0.717, 1.165) is 11.3 Å². The van der Waals surface area contributed by atoms with Gasteiger partial charge in [-0.3, -0.25) is 9.59 Å². The van der Waals surface area contributed by atoms with Gasteiger partial charge in [0.15, 0.2) is 5.78 Å². The van der Waals surface area contributed by atoms with Crippen LogP contribution in [0.15, 0.2) is 70.5 Å². The predicted octanol–water partition coefficient (Wildman–Crippen LogP) is 4.59. The van der Waals surface area contributed by atoms with Crippen LogP contribution in [0.1, 0.15) is 6.42 Å². The maximum atomic E-state index is 13.6. The SMILES string of the molecule is O=C1[C@@H](Sc2ccccc2)[C@H]([C@]2(Sc3ccccc3)C(=O)C3[C@@H]4C2[C@H]34)[C@H]2C[C@@H]12. The number of carbonyl (C=O) groups excluding carboxylic acids is 2. The molecule has 9 atom stereocenters. The first-order valence-electron chi connectivity index (χ1n) is 10.3. The highest BCUT2D eigenvalue weighted by Crippen LogP contribution is 2.88. The number of Topliss-reactive ketones (excluding diaryl/α,β-unsaturated/α-hetero) is 2. The van der Waals surface area contributed by atoms with Gasteiger partial charge < -0.3 is 0 Å². The molecular formula is C24H20O2S2. The highest BCUT2D eigenvalue weighted by Gasteiger charge is 2.92. The van der Waals surface area contributed by atoms with Gasteiger partial charge in [-0.1, -0.05) is 36.4 Å². The van der Waals surface area contributed by atoms with Crippen molar-refractivity contribution in [3.05, 3.63) is 60.7 Å². The zero-order valence-electron chi connectivity index (χ0n) is 15.2. The van der Waals surface area contributed by atoms with Crippen LogP contribution in [0.25, 0.3) is 0 Å². The van der Waals surface area contributed by atoms with Crippen molar-refractivity contribution >= 4 is 35.1 Å². The first kappa shape index (κ1) is 16.3. The maximum absolute atomic E-state index is 13.6. The summed E-state index contributed by atoms with van der Waals surface area (Å²) in [5.41, 5.74) is 0. The summed E-state index contributed by atoms with van der Waals surface area (Å²) >= 11 is 3.52. The molecule has 0 aromatic heterocycles. The molecule has 2 unspecified atom stereocenters. The Balaban J connectivity index is 1.31. The standard InChI is InChI=1S/C24H20O2S2/c25-21-15-11-14(15)19(22(21)27-12-7-3-1-4-8-12)24(28-13-9-5-2-6-10-13)20-16-17(20)18(16)23(24)26/h1-10,14-20,22H,11H2/t14-,15+,16-,17+,18?,19+,20?,22-,24+/m0/s1. The number of hydrogen-bond donors (Lipinski definition) is 0. The molecule has 140 valence electrons. The molecule has 6 fully saturated rings. The summed E-state index contributed by atoms with van der Waals surface area (Å²) in [7, 11) is 0. The largest absolute Gasteiger partial charge is 0.298 e. The van der Waals surface area contributed by atoms with Crippen molar-refractivity contribution in [3.63, 3.8) is 0 Å². The van der Waals surface area contributed by atoms with E-state index in [1.165, 1.54) is 4.90 Å². The fourth-order valence-corrected chi connectivity index (χ4v) is 9.86. The average Bonchev–Trinajstić information content (AvgIpc) is 3.63. The fraction of sp³-hybridized carbons (Fsp3) is 0.417. The first-order valence-corrected chi connectivity index (χ1v) is 12.0. The van der Waals surface area contributed by atoms with E-state index in [1.54, 1.807) is 23.5 Å². The van der Waals surface area contributed by atoms with Crippen molar-refractivity contribution in [3.8, 4) is 0 Å². The summed E-state index contributed by atoms with van der Waals surface area (Å²) in [4.78, 5) is 29.1. The molecule has 28 heavy (non-hydrogen) atoms. The van der Waals surface area contributed by atoms with Crippen LogP contribution in [0, 0.1) is 41.4 Å². The predicted molar refractivity (Wildman–Crippen MR) is 110 cm³/mol. The van der Waals surface area contributed by atoms with E-state index in [-0.39, 0.29) is 21.8 Å². The number of ketones is 2. The van der Waals surface area contributed by atoms with Crippen molar-refractivity contribution in [2.45, 2.75) is 26.2 Å². The minimum Gasteiger partial charge on any atom is -0.298 e. The number of benzene rings is 2. The van der Waals surface area contributed by atoms with Crippen molar-refractivity contribution in [1.29, 1.82) is 0 Å². The van der Waals surface area contributed by atoms with Crippen LogP contribution in [-0.2, 0) is 9.59 Å². The molecule has 0 spiro atoms. The molecule has 6 aliphatic carbocycles. The van der Waals surface area contributed by atoms with Crippen LogP contribution in [0.5, 0.6) is 0 Å². The molecule has 6 aliphatic rings. The molecule has 0 radical (unpaired) electrons. The van der Waals surface area contributed by atoms with Crippen LogP contribution in [0.4, 0.5) is 0 Å². The van der Waals surface area contributed by atoms with Gasteiger partial charge in [0.05, 0.1) is 10.00 Å². The van der Waals surface area contributed by atoms with Crippen LogP contribution in [-0.4, -0.2) is 21.6 Å². The Kier molecular flexibility index (Phi) is 3.11. The first-order chi connectivity index (χ1) is 13.7. The lowest BCUT2D eigenvalue weighted by Gasteiger charge is -2.38. The molecule has 0 saturated heterocycles. The lowest BCUT2D eigenvalue weighted by Crippen LogP contribution is -2.46. The zero-order valence-corrected chi connectivity index (χ0v) is 16.9. The van der Waals surface area contributed by atoms with Gasteiger partial charge in [0.2, 0.25) is 0 Å². The Bertz CT molecular complexity index is 996. The van der Waals surface area contributed by atoms with Crippen LogP contribution >= 0.6 is 23.5 Å². The second-order valence-electron chi connectivity index (χ2n) is 9.06. The summed E-state index contributed by atoms with van der Waals surface area (Å²) in [6, 6.07) is 20.7. The average molecular weight is 405 g/mol. The van der Waals surface area contributed by atoms with Crippen LogP contribution in [0.3, 0.4) is 0 Å². The Morgan fingerprint density at radius 2 is 1.46 bits per heavy atom. The van der Waals surface area contributed by atoms with Crippen molar-refractivity contribution in [2.24, 2.45) is 41.4 Å². The summed E-state index contributed by atoms with van der Waals surface area (Å²) in [5.74, 6) is 3.82. The normalized spacial score (nSPS) is 46.3. The molecule has 2 aromatic rings. The van der Waals surface area contributed by atoms with Crippen LogP contribution in [0.2, 0.25) is 0 Å². The molecule has 0 amide bonds. The molecule has 8 rings (SSSR count). The van der Waals surface area contributed by atoms with Crippen molar-refractivity contribution in [1.82, 2.24) is 0 Å². The zero-order chi connectivity index (χ0) is 18.6. The summed E-state index contributed by atoms with van der Waals surface area (Å²) in [6.07, 6.45) is 1.01. The molecule has 2 aromatic carbocycles. The fourth-order valence-electron chi connectivity index (χ4n) is 6.49. The molecule has 6 saturated carbocycles. The number of fused-ring (bicyclic) bond motifs is 2. The van der Waals surface area contributed by atoms with E-state index in [0.29, 0.717) is 41.2 Å². The highest BCUT2D eigenvalue weighted by atomic mass is 32.2. The Labute approximate surface area is 172 Å². The number of hydrogen-bond acceptors (Lipinski definition) is 4. The Hall–Kier alpha value is -1.52. The van der Waals surface area contributed by atoms with E-state index in [1.807, 2.05) is 24.3 Å². The molecule has 0 N–H and O–H groups in total. The molecule has 2 nitrogen and oxygen atoms in total. The lowest BCUT2D eigenvalue weighted by atomic mass is 9.83. The van der Waals surface area contributed by atoms with Gasteiger partial charge in [0.1, 0.15) is 5.78 Å². The Morgan fingerprint density at radius 1 is 0.821 bits per heavy atom. The van der Waals surface area contributed by atoms with Gasteiger partial charge in [0.25, 0.3) is 0 Å². The second kappa shape index (κ2) is 5.34. The summed E-state index contributed by atoms with van der Waals surface area (Å²) in [6.45, 7) is 0. The van der Waals surface area contributed by atoms with Gasteiger partial charge in [-0.05, 0) is 54.4 Å². The summed E-state index contributed by atoms with van der Waals surface area (Å²) < 4.78 is -0.362. The molecule has 0 aliphatic heterocycles. The second-order valence-corrected chi connectivity index (χ2v) is 11.6. The van der Waals surface area contributed by atoms with Gasteiger partial charge >= 0.3 is 0 Å². The van der Waals surface area contributed by atoms with Gasteiger partial charge in [0, 0.05) is 27.5 Å². The van der Waals surface area contributed by atoms with E-state index in [2.05, 4.69) is 36.4 Å². The molecule has 0 heterocycles. The third kappa shape index (κ3) is 1.94. The third-order valence-electron chi connectivity index (χ3n) is 7.81. The topological polar surface area (TPSA) is 34.1 Å². The van der Waals surface area contributed by atoms with Crippen LogP contribution < -0.4 is 0 Å². The number of carbonyl (C=O) groups is 2. The third-order valence-corrected chi connectivity index (χ3v) is 10.7.